The Bertz CT molecular complexity index is 216. The van der Waals surface area contributed by atoms with Crippen molar-refractivity contribution in [2.45, 2.75) is 45.2 Å². The van der Waals surface area contributed by atoms with Crippen molar-refractivity contribution in [1.29, 1.82) is 5.26 Å². The van der Waals surface area contributed by atoms with Gasteiger partial charge in [-0.15, -0.1) is 0 Å². The molecule has 0 amide bonds. The highest BCUT2D eigenvalue weighted by Crippen LogP contribution is 2.16. The molecule has 0 aliphatic carbocycles. The van der Waals surface area contributed by atoms with Crippen LogP contribution in [-0.2, 0) is 4.79 Å². The van der Waals surface area contributed by atoms with Crippen LogP contribution in [0.5, 0.6) is 0 Å². The molecule has 1 unspecified atom stereocenters. The second-order valence-electron chi connectivity index (χ2n) is 3.09. The summed E-state index contributed by atoms with van der Waals surface area (Å²) in [5.74, 6) is -0.889. The van der Waals surface area contributed by atoms with Gasteiger partial charge in [-0.2, -0.15) is 5.26 Å². The van der Waals surface area contributed by atoms with Gasteiger partial charge in [0, 0.05) is 0 Å². The van der Waals surface area contributed by atoms with Crippen LogP contribution in [0, 0.1) is 11.3 Å². The highest BCUT2D eigenvalue weighted by atomic mass is 16.4. The van der Waals surface area contributed by atoms with E-state index in [9.17, 15) is 4.79 Å². The van der Waals surface area contributed by atoms with E-state index in [1.165, 1.54) is 0 Å². The molecule has 0 spiro atoms. The average Bonchev–Trinajstić information content (AvgIpc) is 2.13. The lowest BCUT2D eigenvalue weighted by atomic mass is 9.92. The van der Waals surface area contributed by atoms with Gasteiger partial charge in [-0.3, -0.25) is 10.1 Å². The minimum Gasteiger partial charge on any atom is -0.480 e. The van der Waals surface area contributed by atoms with Gasteiger partial charge >= 0.3 is 5.97 Å². The minimum atomic E-state index is -0.949. The lowest BCUT2D eigenvalue weighted by Crippen LogP contribution is -2.54. The first-order chi connectivity index (χ1) is 6.02. The Morgan fingerprint density at radius 1 is 1.62 bits per heavy atom. The lowest BCUT2D eigenvalue weighted by molar-refractivity contribution is -0.145. The SMILES string of the molecule is CCC(CC)(NC(C)C#N)C(=O)O. The zero-order chi connectivity index (χ0) is 10.5. The lowest BCUT2D eigenvalue weighted by Gasteiger charge is -2.29. The van der Waals surface area contributed by atoms with Gasteiger partial charge in [0.2, 0.25) is 0 Å². The number of carbonyl (C=O) groups is 1. The fourth-order valence-corrected chi connectivity index (χ4v) is 1.27. The summed E-state index contributed by atoms with van der Waals surface area (Å²) >= 11 is 0. The van der Waals surface area contributed by atoms with Gasteiger partial charge in [0.15, 0.2) is 0 Å². The molecule has 13 heavy (non-hydrogen) atoms. The van der Waals surface area contributed by atoms with Gasteiger partial charge < -0.3 is 5.11 Å². The zero-order valence-electron chi connectivity index (χ0n) is 8.29. The first-order valence-corrected chi connectivity index (χ1v) is 4.43. The van der Waals surface area contributed by atoms with Crippen molar-refractivity contribution in [3.63, 3.8) is 0 Å². The Labute approximate surface area is 78.6 Å². The summed E-state index contributed by atoms with van der Waals surface area (Å²) in [6, 6.07) is 1.53. The summed E-state index contributed by atoms with van der Waals surface area (Å²) in [7, 11) is 0. The third kappa shape index (κ3) is 2.71. The summed E-state index contributed by atoms with van der Waals surface area (Å²) in [4.78, 5) is 11.0. The van der Waals surface area contributed by atoms with Crippen LogP contribution in [0.1, 0.15) is 33.6 Å². The standard InChI is InChI=1S/C9H16N2O2/c1-4-9(5-2,8(12)13)11-7(3)6-10/h7,11H,4-5H2,1-3H3,(H,12,13). The van der Waals surface area contributed by atoms with E-state index in [-0.39, 0.29) is 0 Å². The number of rotatable bonds is 5. The molecule has 0 aromatic rings. The number of carboxylic acid groups (broad SMARTS) is 1. The maximum atomic E-state index is 11.0. The molecular formula is C9H16N2O2. The molecule has 0 aromatic carbocycles. The highest BCUT2D eigenvalue weighted by molar-refractivity contribution is 5.78. The van der Waals surface area contributed by atoms with Crippen molar-refractivity contribution >= 4 is 5.97 Å². The maximum Gasteiger partial charge on any atom is 0.323 e. The Hall–Kier alpha value is -1.08. The number of nitrogens with zero attached hydrogens (tertiary/aromatic N) is 1. The van der Waals surface area contributed by atoms with E-state index >= 15 is 0 Å². The highest BCUT2D eigenvalue weighted by Gasteiger charge is 2.35. The van der Waals surface area contributed by atoms with Crippen molar-refractivity contribution < 1.29 is 9.90 Å². The van der Waals surface area contributed by atoms with Crippen molar-refractivity contribution in [2.75, 3.05) is 0 Å². The van der Waals surface area contributed by atoms with Gasteiger partial charge in [-0.25, -0.2) is 0 Å². The predicted molar refractivity (Wildman–Crippen MR) is 49.2 cm³/mol. The summed E-state index contributed by atoms with van der Waals surface area (Å²) in [6.07, 6.45) is 0.954. The molecule has 0 bridgehead atoms. The minimum absolute atomic E-state index is 0.434. The van der Waals surface area contributed by atoms with Gasteiger partial charge in [-0.1, -0.05) is 13.8 Å². The number of nitrogens with one attached hydrogen (secondary N) is 1. The predicted octanol–water partition coefficient (Wildman–Crippen LogP) is 1.13. The van der Waals surface area contributed by atoms with E-state index in [1.807, 2.05) is 6.07 Å². The smallest absolute Gasteiger partial charge is 0.323 e. The molecule has 0 aliphatic rings. The normalized spacial score (nSPS) is 13.4. The molecule has 0 saturated carbocycles. The van der Waals surface area contributed by atoms with Gasteiger partial charge in [0.1, 0.15) is 5.54 Å². The summed E-state index contributed by atoms with van der Waals surface area (Å²) in [6.45, 7) is 5.26. The van der Waals surface area contributed by atoms with Crippen LogP contribution in [0.2, 0.25) is 0 Å². The van der Waals surface area contributed by atoms with E-state index in [0.29, 0.717) is 12.8 Å². The van der Waals surface area contributed by atoms with Crippen LogP contribution in [0.4, 0.5) is 0 Å². The van der Waals surface area contributed by atoms with Gasteiger partial charge in [0.05, 0.1) is 12.1 Å². The number of aliphatic carboxylic acids is 1. The molecule has 0 radical (unpaired) electrons. The summed E-state index contributed by atoms with van der Waals surface area (Å²) < 4.78 is 0. The van der Waals surface area contributed by atoms with E-state index in [0.717, 1.165) is 0 Å². The van der Waals surface area contributed by atoms with E-state index < -0.39 is 17.6 Å². The van der Waals surface area contributed by atoms with E-state index in [4.69, 9.17) is 10.4 Å². The van der Waals surface area contributed by atoms with Crippen LogP contribution in [-0.4, -0.2) is 22.7 Å². The molecule has 0 aliphatic heterocycles. The van der Waals surface area contributed by atoms with Crippen molar-refractivity contribution in [3.8, 4) is 6.07 Å². The molecule has 74 valence electrons. The van der Waals surface area contributed by atoms with Crippen LogP contribution in [0.15, 0.2) is 0 Å². The largest absolute Gasteiger partial charge is 0.480 e. The van der Waals surface area contributed by atoms with Crippen molar-refractivity contribution in [3.05, 3.63) is 0 Å². The Morgan fingerprint density at radius 2 is 2.08 bits per heavy atom. The number of hydrogen-bond donors (Lipinski definition) is 2. The van der Waals surface area contributed by atoms with Crippen LogP contribution in [0.3, 0.4) is 0 Å². The molecule has 4 nitrogen and oxygen atoms in total. The van der Waals surface area contributed by atoms with Gasteiger partial charge in [-0.05, 0) is 19.8 Å². The van der Waals surface area contributed by atoms with E-state index in [2.05, 4.69) is 5.32 Å². The third-order valence-electron chi connectivity index (χ3n) is 2.30. The first-order valence-electron chi connectivity index (χ1n) is 4.43. The Balaban J connectivity index is 4.60. The monoisotopic (exact) mass is 184 g/mol. The quantitative estimate of drug-likeness (QED) is 0.671. The molecule has 0 fully saturated rings. The fourth-order valence-electron chi connectivity index (χ4n) is 1.27. The summed E-state index contributed by atoms with van der Waals surface area (Å²) in [5, 5.41) is 20.4. The molecular weight excluding hydrogens is 168 g/mol. The second-order valence-corrected chi connectivity index (χ2v) is 3.09. The second kappa shape index (κ2) is 4.83. The number of hydrogen-bond acceptors (Lipinski definition) is 3. The van der Waals surface area contributed by atoms with Gasteiger partial charge in [0.25, 0.3) is 0 Å². The molecule has 0 rings (SSSR count). The Kier molecular flexibility index (Phi) is 4.43. The molecule has 2 N–H and O–H groups in total. The zero-order valence-corrected chi connectivity index (χ0v) is 8.29. The first kappa shape index (κ1) is 11.9. The van der Waals surface area contributed by atoms with Crippen LogP contribution in [0.25, 0.3) is 0 Å². The Morgan fingerprint density at radius 3 is 2.31 bits per heavy atom. The fraction of sp³-hybridized carbons (Fsp3) is 0.778. The number of nitriles is 1. The molecule has 0 saturated heterocycles. The maximum absolute atomic E-state index is 11.0. The molecule has 0 heterocycles. The van der Waals surface area contributed by atoms with E-state index in [1.54, 1.807) is 20.8 Å². The van der Waals surface area contributed by atoms with Crippen molar-refractivity contribution in [1.82, 2.24) is 5.32 Å². The number of carboxylic acids is 1. The topological polar surface area (TPSA) is 73.1 Å². The third-order valence-corrected chi connectivity index (χ3v) is 2.30. The molecule has 1 atom stereocenters. The van der Waals surface area contributed by atoms with Crippen molar-refractivity contribution in [2.24, 2.45) is 0 Å². The molecule has 0 aromatic heterocycles. The molecule has 4 heteroatoms. The summed E-state index contributed by atoms with van der Waals surface area (Å²) in [5.41, 5.74) is -0.949. The average molecular weight is 184 g/mol. The van der Waals surface area contributed by atoms with Crippen LogP contribution < -0.4 is 5.32 Å². The van der Waals surface area contributed by atoms with Crippen LogP contribution >= 0.6 is 0 Å².